The van der Waals surface area contributed by atoms with Gasteiger partial charge in [-0.05, 0) is 32.1 Å². The molecule has 2 atom stereocenters. The van der Waals surface area contributed by atoms with Crippen molar-refractivity contribution in [2.75, 3.05) is 37.8 Å². The molecular formula is C19H30N4O2S2. The van der Waals surface area contributed by atoms with Gasteiger partial charge in [-0.3, -0.25) is 4.79 Å². The van der Waals surface area contributed by atoms with E-state index in [1.165, 1.54) is 18.6 Å². The van der Waals surface area contributed by atoms with Gasteiger partial charge < -0.3 is 14.5 Å². The Labute approximate surface area is 170 Å². The summed E-state index contributed by atoms with van der Waals surface area (Å²) in [7, 11) is 7.87. The second-order valence-electron chi connectivity index (χ2n) is 7.38. The van der Waals surface area contributed by atoms with E-state index in [1.807, 2.05) is 45.5 Å². The fraction of sp³-hybridized carbons (Fsp3) is 0.737. The molecule has 0 N–H and O–H groups in total. The number of hydrogen-bond acceptors (Lipinski definition) is 7. The molecule has 2 aliphatic rings. The van der Waals surface area contributed by atoms with Gasteiger partial charge in [0.05, 0.1) is 6.54 Å². The van der Waals surface area contributed by atoms with Crippen molar-refractivity contribution in [2.45, 2.75) is 56.3 Å². The van der Waals surface area contributed by atoms with Crippen LogP contribution in [-0.2, 0) is 4.79 Å². The molecular weight excluding hydrogens is 380 g/mol. The van der Waals surface area contributed by atoms with Crippen LogP contribution in [0.5, 0.6) is 5.88 Å². The molecule has 2 unspecified atom stereocenters. The highest BCUT2D eigenvalue weighted by Crippen LogP contribution is 2.39. The zero-order chi connectivity index (χ0) is 19.1. The van der Waals surface area contributed by atoms with Gasteiger partial charge in [0.1, 0.15) is 6.10 Å². The smallest absolute Gasteiger partial charge is 0.257 e. The van der Waals surface area contributed by atoms with Crippen molar-refractivity contribution in [3.05, 3.63) is 12.4 Å². The van der Waals surface area contributed by atoms with Crippen molar-refractivity contribution < 1.29 is 9.53 Å². The van der Waals surface area contributed by atoms with E-state index in [-0.39, 0.29) is 12.0 Å². The van der Waals surface area contributed by atoms with Crippen LogP contribution >= 0.6 is 21.6 Å². The summed E-state index contributed by atoms with van der Waals surface area (Å²) in [5, 5.41) is 0.802. The van der Waals surface area contributed by atoms with Crippen LogP contribution in [0, 0.1) is 0 Å². The molecule has 0 aliphatic carbocycles. The van der Waals surface area contributed by atoms with Crippen molar-refractivity contribution >= 4 is 33.3 Å². The van der Waals surface area contributed by atoms with E-state index >= 15 is 0 Å². The van der Waals surface area contributed by atoms with Gasteiger partial charge in [-0.25, -0.2) is 9.97 Å². The van der Waals surface area contributed by atoms with Gasteiger partial charge in [-0.1, -0.05) is 28.0 Å². The number of piperidine rings is 1. The van der Waals surface area contributed by atoms with Gasteiger partial charge in [-0.2, -0.15) is 0 Å². The topological polar surface area (TPSA) is 58.6 Å². The predicted molar refractivity (Wildman–Crippen MR) is 114 cm³/mol. The molecule has 1 aromatic rings. The predicted octanol–water partition coefficient (Wildman–Crippen LogP) is 3.63. The zero-order valence-corrected chi connectivity index (χ0v) is 17.9. The summed E-state index contributed by atoms with van der Waals surface area (Å²) >= 11 is 0. The Morgan fingerprint density at radius 1 is 1.30 bits per heavy atom. The van der Waals surface area contributed by atoms with E-state index < -0.39 is 0 Å². The summed E-state index contributed by atoms with van der Waals surface area (Å²) in [4.78, 5) is 25.1. The van der Waals surface area contributed by atoms with Crippen LogP contribution in [0.4, 0.5) is 5.82 Å². The van der Waals surface area contributed by atoms with E-state index in [2.05, 4.69) is 9.97 Å². The number of ether oxygens (including phenoxy) is 1. The molecule has 0 bridgehead atoms. The van der Waals surface area contributed by atoms with Crippen LogP contribution in [0.3, 0.4) is 0 Å². The average molecular weight is 411 g/mol. The number of amides is 1. The third-order valence-electron chi connectivity index (χ3n) is 4.97. The monoisotopic (exact) mass is 410 g/mol. The molecule has 150 valence electrons. The van der Waals surface area contributed by atoms with E-state index in [1.54, 1.807) is 12.4 Å². The lowest BCUT2D eigenvalue weighted by Crippen LogP contribution is -2.44. The molecule has 3 heterocycles. The first-order chi connectivity index (χ1) is 13.1. The number of unbranched alkanes of at least 4 members (excludes halogenated alkanes) is 1. The van der Waals surface area contributed by atoms with Crippen LogP contribution in [-0.4, -0.2) is 65.1 Å². The summed E-state index contributed by atoms with van der Waals surface area (Å²) in [5.74, 6) is 2.83. The highest BCUT2D eigenvalue weighted by Gasteiger charge is 2.26. The van der Waals surface area contributed by atoms with Crippen LogP contribution in [0.1, 0.15) is 44.9 Å². The number of nitrogens with zero attached hydrogens (tertiary/aromatic N) is 4. The Hall–Kier alpha value is -1.15. The highest BCUT2D eigenvalue weighted by molar-refractivity contribution is 8.77. The van der Waals surface area contributed by atoms with Gasteiger partial charge in [0.2, 0.25) is 5.91 Å². The Morgan fingerprint density at radius 2 is 2.15 bits per heavy atom. The maximum absolute atomic E-state index is 12.6. The Morgan fingerprint density at radius 3 is 2.93 bits per heavy atom. The summed E-state index contributed by atoms with van der Waals surface area (Å²) in [6, 6.07) is 0. The Kier molecular flexibility index (Phi) is 7.93. The first-order valence-corrected chi connectivity index (χ1v) is 12.2. The van der Waals surface area contributed by atoms with E-state index in [0.29, 0.717) is 18.8 Å². The number of carbonyl (C=O) groups excluding carboxylic acids is 1. The summed E-state index contributed by atoms with van der Waals surface area (Å²) in [6.07, 6.45) is 10.6. The van der Waals surface area contributed by atoms with Crippen molar-refractivity contribution in [1.29, 1.82) is 0 Å². The lowest BCUT2D eigenvalue weighted by atomic mass is 10.1. The molecule has 0 radical (unpaired) electrons. The van der Waals surface area contributed by atoms with Gasteiger partial charge in [0, 0.05) is 50.5 Å². The van der Waals surface area contributed by atoms with Gasteiger partial charge in [0.15, 0.2) is 5.82 Å². The lowest BCUT2D eigenvalue weighted by Gasteiger charge is -2.33. The van der Waals surface area contributed by atoms with Crippen LogP contribution in [0.2, 0.25) is 0 Å². The Bertz CT molecular complexity index is 611. The second-order valence-corrected chi connectivity index (χ2v) is 10.2. The maximum atomic E-state index is 12.6. The van der Waals surface area contributed by atoms with Crippen molar-refractivity contribution in [1.82, 2.24) is 14.9 Å². The van der Waals surface area contributed by atoms with Gasteiger partial charge in [-0.15, -0.1) is 0 Å². The van der Waals surface area contributed by atoms with Crippen LogP contribution in [0.25, 0.3) is 0 Å². The standard InChI is InChI=1S/C19H30N4O2S2/c1-22(2)18-19(21-11-10-20-18)25-15-6-5-12-23(14-15)17(24)8-4-3-7-16-9-13-26-27-16/h10-11,15-16H,3-9,12-14H2,1-2H3. The number of likely N-dealkylation sites (tertiary alicyclic amines) is 1. The van der Waals surface area contributed by atoms with Crippen LogP contribution in [0.15, 0.2) is 12.4 Å². The molecule has 1 aromatic heterocycles. The van der Waals surface area contributed by atoms with Crippen molar-refractivity contribution in [3.63, 3.8) is 0 Å². The summed E-state index contributed by atoms with van der Waals surface area (Å²) in [6.45, 7) is 1.49. The van der Waals surface area contributed by atoms with E-state index in [0.717, 1.165) is 43.3 Å². The molecule has 0 spiro atoms. The highest BCUT2D eigenvalue weighted by atomic mass is 33.1. The minimum absolute atomic E-state index is 0.00925. The molecule has 0 aromatic carbocycles. The first-order valence-electron chi connectivity index (χ1n) is 9.84. The van der Waals surface area contributed by atoms with E-state index in [9.17, 15) is 4.79 Å². The molecule has 6 nitrogen and oxygen atoms in total. The number of anilines is 1. The molecule has 1 amide bonds. The van der Waals surface area contributed by atoms with Crippen molar-refractivity contribution in [3.8, 4) is 5.88 Å². The SMILES string of the molecule is CN(C)c1nccnc1OC1CCCN(C(=O)CCCCC2CCSS2)C1. The summed E-state index contributed by atoms with van der Waals surface area (Å²) < 4.78 is 6.11. The molecule has 2 saturated heterocycles. The normalized spacial score (nSPS) is 22.7. The molecule has 2 fully saturated rings. The minimum Gasteiger partial charge on any atom is -0.470 e. The van der Waals surface area contributed by atoms with Gasteiger partial charge >= 0.3 is 0 Å². The third kappa shape index (κ3) is 6.17. The fourth-order valence-corrected chi connectivity index (χ4v) is 6.53. The number of carbonyl (C=O) groups is 1. The zero-order valence-electron chi connectivity index (χ0n) is 16.3. The number of aromatic nitrogens is 2. The first kappa shape index (κ1) is 20.6. The largest absolute Gasteiger partial charge is 0.470 e. The molecule has 3 rings (SSSR count). The second kappa shape index (κ2) is 10.4. The number of rotatable bonds is 8. The molecule has 0 saturated carbocycles. The minimum atomic E-state index is -0.00925. The summed E-state index contributed by atoms with van der Waals surface area (Å²) in [5.41, 5.74) is 0. The van der Waals surface area contributed by atoms with E-state index in [4.69, 9.17) is 4.74 Å². The molecule has 27 heavy (non-hydrogen) atoms. The Balaban J connectivity index is 1.43. The fourth-order valence-electron chi connectivity index (χ4n) is 3.50. The maximum Gasteiger partial charge on any atom is 0.257 e. The van der Waals surface area contributed by atoms with Crippen LogP contribution < -0.4 is 9.64 Å². The van der Waals surface area contributed by atoms with Crippen molar-refractivity contribution in [2.24, 2.45) is 0 Å². The molecule has 8 heteroatoms. The van der Waals surface area contributed by atoms with Gasteiger partial charge in [0.25, 0.3) is 5.88 Å². The lowest BCUT2D eigenvalue weighted by molar-refractivity contribution is -0.134. The molecule has 2 aliphatic heterocycles. The third-order valence-corrected chi connectivity index (χ3v) is 7.98. The quantitative estimate of drug-likeness (QED) is 0.479. The average Bonchev–Trinajstić information content (AvgIpc) is 3.19. The number of hydrogen-bond donors (Lipinski definition) is 0.